The minimum atomic E-state index is 0. The smallest absolute Gasteiger partial charge is 0.225 e. The van der Waals surface area contributed by atoms with Crippen LogP contribution in [0.15, 0.2) is 0 Å². The lowest BCUT2D eigenvalue weighted by atomic mass is 9.67. The summed E-state index contributed by atoms with van der Waals surface area (Å²) < 4.78 is 0. The number of hydrogen-bond donors (Lipinski definition) is 1. The molecule has 2 saturated carbocycles. The zero-order valence-corrected chi connectivity index (χ0v) is 13.5. The molecule has 1 aliphatic heterocycles. The third-order valence-corrected chi connectivity index (χ3v) is 5.80. The van der Waals surface area contributed by atoms with E-state index in [4.69, 9.17) is 0 Å². The Bertz CT molecular complexity index is 336. The van der Waals surface area contributed by atoms with Crippen LogP contribution in [0.3, 0.4) is 0 Å². The van der Waals surface area contributed by atoms with Crippen molar-refractivity contribution < 1.29 is 4.79 Å². The molecular formula is C16H29ClN2O. The van der Waals surface area contributed by atoms with Crippen molar-refractivity contribution in [1.82, 2.24) is 10.2 Å². The number of rotatable bonds is 2. The van der Waals surface area contributed by atoms with Crippen LogP contribution >= 0.6 is 12.4 Å². The van der Waals surface area contributed by atoms with E-state index in [9.17, 15) is 4.79 Å². The summed E-state index contributed by atoms with van der Waals surface area (Å²) in [5, 5.41) is 3.30. The molecule has 1 saturated heterocycles. The maximum atomic E-state index is 12.6. The van der Waals surface area contributed by atoms with Crippen molar-refractivity contribution in [3.05, 3.63) is 0 Å². The molecule has 0 aromatic rings. The number of amides is 1. The summed E-state index contributed by atoms with van der Waals surface area (Å²) in [4.78, 5) is 14.8. The molecule has 0 aromatic carbocycles. The normalized spacial score (nSPS) is 37.1. The van der Waals surface area contributed by atoms with Crippen LogP contribution in [-0.2, 0) is 4.79 Å². The average Bonchev–Trinajstić information content (AvgIpc) is 2.95. The molecule has 4 heteroatoms. The molecular weight excluding hydrogens is 272 g/mol. The number of likely N-dealkylation sites (tertiary alicyclic amines) is 1. The number of likely N-dealkylation sites (N-methyl/N-ethyl adjacent to an activating group) is 1. The minimum Gasteiger partial charge on any atom is -0.341 e. The molecule has 3 rings (SSSR count). The highest BCUT2D eigenvalue weighted by Crippen LogP contribution is 2.43. The molecule has 0 radical (unpaired) electrons. The number of fused-ring (bicyclic) bond motifs is 1. The van der Waals surface area contributed by atoms with E-state index >= 15 is 0 Å². The first-order valence-electron chi connectivity index (χ1n) is 8.24. The maximum Gasteiger partial charge on any atom is 0.225 e. The summed E-state index contributed by atoms with van der Waals surface area (Å²) in [6.07, 6.45) is 10.4. The van der Waals surface area contributed by atoms with E-state index in [1.165, 1.54) is 38.5 Å². The number of nitrogens with one attached hydrogen (secondary N) is 1. The Labute approximate surface area is 129 Å². The predicted molar refractivity (Wildman–Crippen MR) is 84.1 cm³/mol. The lowest BCUT2D eigenvalue weighted by Gasteiger charge is -2.39. The molecule has 3 fully saturated rings. The first-order valence-corrected chi connectivity index (χ1v) is 8.24. The van der Waals surface area contributed by atoms with Crippen LogP contribution in [0.2, 0.25) is 0 Å². The van der Waals surface area contributed by atoms with Crippen LogP contribution < -0.4 is 5.32 Å². The zero-order valence-electron chi connectivity index (χ0n) is 12.6. The maximum absolute atomic E-state index is 12.6. The molecule has 4 unspecified atom stereocenters. The van der Waals surface area contributed by atoms with Crippen molar-refractivity contribution in [3.8, 4) is 0 Å². The lowest BCUT2D eigenvalue weighted by molar-refractivity contribution is -0.136. The van der Waals surface area contributed by atoms with Gasteiger partial charge in [-0.15, -0.1) is 12.4 Å². The Morgan fingerprint density at radius 1 is 1.05 bits per heavy atom. The SMILES string of the molecule is CNC1CCN(C(=O)C2CCC3CCCCC3C2)C1.Cl. The number of halogens is 1. The summed E-state index contributed by atoms with van der Waals surface area (Å²) in [6.45, 7) is 1.90. The second kappa shape index (κ2) is 7.13. The lowest BCUT2D eigenvalue weighted by Crippen LogP contribution is -2.40. The van der Waals surface area contributed by atoms with Gasteiger partial charge in [-0.1, -0.05) is 25.7 Å². The van der Waals surface area contributed by atoms with Crippen LogP contribution in [0.4, 0.5) is 0 Å². The molecule has 3 aliphatic rings. The fourth-order valence-corrected chi connectivity index (χ4v) is 4.55. The Hall–Kier alpha value is -0.280. The highest BCUT2D eigenvalue weighted by Gasteiger charge is 2.37. The summed E-state index contributed by atoms with van der Waals surface area (Å²) >= 11 is 0. The Kier molecular flexibility index (Phi) is 5.74. The van der Waals surface area contributed by atoms with Crippen molar-refractivity contribution >= 4 is 18.3 Å². The van der Waals surface area contributed by atoms with E-state index in [0.717, 1.165) is 37.8 Å². The van der Waals surface area contributed by atoms with Gasteiger partial charge in [0.1, 0.15) is 0 Å². The second-order valence-corrected chi connectivity index (χ2v) is 6.87. The van der Waals surface area contributed by atoms with Gasteiger partial charge in [0.05, 0.1) is 0 Å². The van der Waals surface area contributed by atoms with Gasteiger partial charge in [-0.05, 0) is 44.6 Å². The van der Waals surface area contributed by atoms with Gasteiger partial charge in [-0.25, -0.2) is 0 Å². The third kappa shape index (κ3) is 3.30. The van der Waals surface area contributed by atoms with Gasteiger partial charge in [0.2, 0.25) is 5.91 Å². The van der Waals surface area contributed by atoms with E-state index in [0.29, 0.717) is 17.9 Å². The van der Waals surface area contributed by atoms with Crippen LogP contribution in [-0.4, -0.2) is 37.0 Å². The molecule has 116 valence electrons. The monoisotopic (exact) mass is 300 g/mol. The highest BCUT2D eigenvalue weighted by atomic mass is 35.5. The van der Waals surface area contributed by atoms with Crippen molar-refractivity contribution in [3.63, 3.8) is 0 Å². The van der Waals surface area contributed by atoms with Crippen LogP contribution in [0.1, 0.15) is 51.4 Å². The van der Waals surface area contributed by atoms with E-state index < -0.39 is 0 Å². The second-order valence-electron chi connectivity index (χ2n) is 6.87. The van der Waals surface area contributed by atoms with Gasteiger partial charge >= 0.3 is 0 Å². The number of carbonyl (C=O) groups is 1. The summed E-state index contributed by atoms with van der Waals surface area (Å²) in [7, 11) is 2.01. The molecule has 0 bridgehead atoms. The van der Waals surface area contributed by atoms with Gasteiger partial charge in [-0.3, -0.25) is 4.79 Å². The molecule has 2 aliphatic carbocycles. The molecule has 1 N–H and O–H groups in total. The van der Waals surface area contributed by atoms with Crippen LogP contribution in [0.25, 0.3) is 0 Å². The standard InChI is InChI=1S/C16H28N2O.ClH/c1-17-15-8-9-18(11-15)16(19)14-7-6-12-4-2-3-5-13(12)10-14;/h12-15,17H,2-11H2,1H3;1H. The highest BCUT2D eigenvalue weighted by molar-refractivity contribution is 5.85. The van der Waals surface area contributed by atoms with E-state index in [1.807, 2.05) is 7.05 Å². The first-order chi connectivity index (χ1) is 9.28. The Balaban J connectivity index is 0.00000147. The van der Waals surface area contributed by atoms with Crippen molar-refractivity contribution in [1.29, 1.82) is 0 Å². The number of nitrogens with zero attached hydrogens (tertiary/aromatic N) is 1. The topological polar surface area (TPSA) is 32.3 Å². The molecule has 1 amide bonds. The fourth-order valence-electron chi connectivity index (χ4n) is 4.55. The molecule has 3 nitrogen and oxygen atoms in total. The molecule has 4 atom stereocenters. The van der Waals surface area contributed by atoms with Gasteiger partial charge in [0.25, 0.3) is 0 Å². The first kappa shape index (κ1) is 16.1. The minimum absolute atomic E-state index is 0. The van der Waals surface area contributed by atoms with E-state index in [-0.39, 0.29) is 12.4 Å². The summed E-state index contributed by atoms with van der Waals surface area (Å²) in [5.41, 5.74) is 0. The molecule has 0 aromatic heterocycles. The molecule has 0 spiro atoms. The molecule has 1 heterocycles. The predicted octanol–water partition coefficient (Wildman–Crippen LogP) is 2.84. The quantitative estimate of drug-likeness (QED) is 0.850. The van der Waals surface area contributed by atoms with Crippen molar-refractivity contribution in [2.75, 3.05) is 20.1 Å². The van der Waals surface area contributed by atoms with Crippen molar-refractivity contribution in [2.45, 2.75) is 57.4 Å². The summed E-state index contributed by atoms with van der Waals surface area (Å²) in [6, 6.07) is 0.523. The molecule has 20 heavy (non-hydrogen) atoms. The average molecular weight is 301 g/mol. The fraction of sp³-hybridized carbons (Fsp3) is 0.938. The van der Waals surface area contributed by atoms with E-state index in [2.05, 4.69) is 10.2 Å². The van der Waals surface area contributed by atoms with Gasteiger partial charge in [0.15, 0.2) is 0 Å². The van der Waals surface area contributed by atoms with Gasteiger partial charge in [0, 0.05) is 25.0 Å². The number of carbonyl (C=O) groups excluding carboxylic acids is 1. The largest absolute Gasteiger partial charge is 0.341 e. The third-order valence-electron chi connectivity index (χ3n) is 5.80. The zero-order chi connectivity index (χ0) is 13.2. The van der Waals surface area contributed by atoms with E-state index in [1.54, 1.807) is 0 Å². The summed E-state index contributed by atoms with van der Waals surface area (Å²) in [5.74, 6) is 2.61. The van der Waals surface area contributed by atoms with Crippen molar-refractivity contribution in [2.24, 2.45) is 17.8 Å². The van der Waals surface area contributed by atoms with Crippen LogP contribution in [0.5, 0.6) is 0 Å². The number of hydrogen-bond acceptors (Lipinski definition) is 2. The van der Waals surface area contributed by atoms with Crippen LogP contribution in [0, 0.1) is 17.8 Å². The van der Waals surface area contributed by atoms with Gasteiger partial charge in [-0.2, -0.15) is 0 Å². The Morgan fingerprint density at radius 3 is 2.50 bits per heavy atom. The van der Waals surface area contributed by atoms with Gasteiger partial charge < -0.3 is 10.2 Å². The Morgan fingerprint density at radius 2 is 1.80 bits per heavy atom.